The van der Waals surface area contributed by atoms with Gasteiger partial charge >= 0.3 is 0 Å². The van der Waals surface area contributed by atoms with Gasteiger partial charge in [-0.1, -0.05) is 6.07 Å². The molecule has 0 radical (unpaired) electrons. The summed E-state index contributed by atoms with van der Waals surface area (Å²) in [5.74, 6) is 0.0251. The third kappa shape index (κ3) is 5.44. The minimum Gasteiger partial charge on any atom is -0.351 e. The maximum absolute atomic E-state index is 13.0. The molecule has 2 amide bonds. The van der Waals surface area contributed by atoms with Gasteiger partial charge in [-0.05, 0) is 81.4 Å². The first-order valence-corrected chi connectivity index (χ1v) is 10.6. The van der Waals surface area contributed by atoms with Crippen molar-refractivity contribution in [3.8, 4) is 0 Å². The summed E-state index contributed by atoms with van der Waals surface area (Å²) in [7, 11) is 0. The minimum atomic E-state index is -0.389. The Morgan fingerprint density at radius 1 is 1.07 bits per heavy atom. The van der Waals surface area contributed by atoms with Crippen LogP contribution >= 0.6 is 12.2 Å². The van der Waals surface area contributed by atoms with Gasteiger partial charge in [0.2, 0.25) is 11.8 Å². The molecule has 0 aliphatic carbocycles. The van der Waals surface area contributed by atoms with Crippen LogP contribution in [0.25, 0.3) is 0 Å². The van der Waals surface area contributed by atoms with E-state index < -0.39 is 0 Å². The number of benzene rings is 1. The Morgan fingerprint density at radius 2 is 1.71 bits per heavy atom. The van der Waals surface area contributed by atoms with Gasteiger partial charge in [-0.3, -0.25) is 9.59 Å². The standard InChI is InChI=1S/C21H30N4O2S/c1-15-11-16(2)13-17(12-15)22-21(28)23-18-7-3-4-10-25(20(18)27)14-19(26)24-8-5-6-9-24/h11-13,18H,3-10,14H2,1-2H3,(H2,22,23,28). The lowest BCUT2D eigenvalue weighted by Crippen LogP contribution is -2.51. The lowest BCUT2D eigenvalue weighted by molar-refractivity contribution is -0.140. The molecule has 2 saturated heterocycles. The highest BCUT2D eigenvalue weighted by Crippen LogP contribution is 2.16. The molecule has 0 saturated carbocycles. The number of carbonyl (C=O) groups is 2. The number of nitrogens with zero attached hydrogens (tertiary/aromatic N) is 2. The summed E-state index contributed by atoms with van der Waals surface area (Å²) in [6, 6.07) is 5.76. The van der Waals surface area contributed by atoms with Crippen LogP contribution in [0.1, 0.15) is 43.2 Å². The lowest BCUT2D eigenvalue weighted by Gasteiger charge is -2.27. The highest BCUT2D eigenvalue weighted by atomic mass is 32.1. The van der Waals surface area contributed by atoms with E-state index in [1.165, 1.54) is 0 Å². The zero-order valence-corrected chi connectivity index (χ0v) is 17.6. The number of amides is 2. The molecule has 0 bridgehead atoms. The second-order valence-electron chi connectivity index (χ2n) is 7.87. The lowest BCUT2D eigenvalue weighted by atomic mass is 10.1. The normalized spacial score (nSPS) is 20.1. The molecule has 2 N–H and O–H groups in total. The molecule has 28 heavy (non-hydrogen) atoms. The molecule has 1 unspecified atom stereocenters. The van der Waals surface area contributed by atoms with E-state index in [1.807, 2.05) is 30.9 Å². The second-order valence-corrected chi connectivity index (χ2v) is 8.28. The summed E-state index contributed by atoms with van der Waals surface area (Å²) in [4.78, 5) is 29.0. The number of likely N-dealkylation sites (tertiary alicyclic amines) is 2. The van der Waals surface area contributed by atoms with Crippen LogP contribution < -0.4 is 10.6 Å². The fourth-order valence-corrected chi connectivity index (χ4v) is 4.26. The van der Waals surface area contributed by atoms with Crippen LogP contribution in [0.4, 0.5) is 5.69 Å². The van der Waals surface area contributed by atoms with Crippen molar-refractivity contribution in [1.29, 1.82) is 0 Å². The number of rotatable bonds is 4. The highest BCUT2D eigenvalue weighted by Gasteiger charge is 2.30. The average molecular weight is 403 g/mol. The minimum absolute atomic E-state index is 0.0328. The molecule has 2 fully saturated rings. The van der Waals surface area contributed by atoms with Gasteiger partial charge in [0.25, 0.3) is 0 Å². The molecule has 2 aliphatic rings. The van der Waals surface area contributed by atoms with E-state index in [1.54, 1.807) is 4.90 Å². The summed E-state index contributed by atoms with van der Waals surface area (Å²) >= 11 is 5.45. The van der Waals surface area contributed by atoms with Gasteiger partial charge in [0.05, 0.1) is 6.54 Å². The first-order valence-electron chi connectivity index (χ1n) is 10.1. The Morgan fingerprint density at radius 3 is 2.39 bits per heavy atom. The monoisotopic (exact) mass is 402 g/mol. The first-order chi connectivity index (χ1) is 13.4. The Labute approximate surface area is 172 Å². The van der Waals surface area contributed by atoms with Crippen LogP contribution in [0.3, 0.4) is 0 Å². The van der Waals surface area contributed by atoms with E-state index >= 15 is 0 Å². The third-order valence-corrected chi connectivity index (χ3v) is 5.57. The Hall–Kier alpha value is -2.15. The van der Waals surface area contributed by atoms with Crippen LogP contribution in [0.5, 0.6) is 0 Å². The topological polar surface area (TPSA) is 64.7 Å². The zero-order valence-electron chi connectivity index (χ0n) is 16.8. The number of nitrogens with one attached hydrogen (secondary N) is 2. The number of carbonyl (C=O) groups excluding carboxylic acids is 2. The van der Waals surface area contributed by atoms with Crippen molar-refractivity contribution < 1.29 is 9.59 Å². The summed E-state index contributed by atoms with van der Waals surface area (Å²) in [6.45, 7) is 6.51. The Bertz CT molecular complexity index is 726. The fraction of sp³-hybridized carbons (Fsp3) is 0.571. The molecule has 7 heteroatoms. The van der Waals surface area contributed by atoms with Crippen molar-refractivity contribution in [1.82, 2.24) is 15.1 Å². The second kappa shape index (κ2) is 9.37. The van der Waals surface area contributed by atoms with Crippen LogP contribution in [0, 0.1) is 13.8 Å². The van der Waals surface area contributed by atoms with Gasteiger partial charge in [-0.25, -0.2) is 0 Å². The molecule has 6 nitrogen and oxygen atoms in total. The molecule has 152 valence electrons. The van der Waals surface area contributed by atoms with Gasteiger partial charge < -0.3 is 20.4 Å². The van der Waals surface area contributed by atoms with Crippen LogP contribution in [-0.4, -0.2) is 58.9 Å². The number of hydrogen-bond donors (Lipinski definition) is 2. The molecule has 0 aromatic heterocycles. The van der Waals surface area contributed by atoms with E-state index in [2.05, 4.69) is 16.7 Å². The zero-order chi connectivity index (χ0) is 20.1. The van der Waals surface area contributed by atoms with E-state index in [-0.39, 0.29) is 24.4 Å². The summed E-state index contributed by atoms with van der Waals surface area (Å²) in [5, 5.41) is 6.80. The quantitative estimate of drug-likeness (QED) is 0.758. The predicted octanol–water partition coefficient (Wildman–Crippen LogP) is 2.59. The molecular weight excluding hydrogens is 372 g/mol. The van der Waals surface area contributed by atoms with E-state index in [9.17, 15) is 9.59 Å². The van der Waals surface area contributed by atoms with Crippen molar-refractivity contribution >= 4 is 34.8 Å². The van der Waals surface area contributed by atoms with E-state index in [0.717, 1.165) is 62.0 Å². The van der Waals surface area contributed by atoms with Crippen molar-refractivity contribution in [3.05, 3.63) is 29.3 Å². The van der Waals surface area contributed by atoms with Crippen LogP contribution in [0.2, 0.25) is 0 Å². The van der Waals surface area contributed by atoms with E-state index in [0.29, 0.717) is 11.7 Å². The molecular formula is C21H30N4O2S. The highest BCUT2D eigenvalue weighted by molar-refractivity contribution is 7.80. The summed E-state index contributed by atoms with van der Waals surface area (Å²) in [6.07, 6.45) is 4.69. The Kier molecular flexibility index (Phi) is 6.88. The van der Waals surface area contributed by atoms with Crippen LogP contribution in [-0.2, 0) is 9.59 Å². The van der Waals surface area contributed by atoms with Crippen molar-refractivity contribution in [2.24, 2.45) is 0 Å². The SMILES string of the molecule is Cc1cc(C)cc(NC(=S)NC2CCCCN(CC(=O)N3CCCC3)C2=O)c1. The van der Waals surface area contributed by atoms with Crippen molar-refractivity contribution in [3.63, 3.8) is 0 Å². The van der Waals surface area contributed by atoms with E-state index in [4.69, 9.17) is 12.2 Å². The third-order valence-electron chi connectivity index (χ3n) is 5.35. The molecule has 1 aromatic carbocycles. The van der Waals surface area contributed by atoms with Gasteiger partial charge in [0, 0.05) is 25.3 Å². The fourth-order valence-electron chi connectivity index (χ4n) is 4.00. The molecule has 1 atom stereocenters. The predicted molar refractivity (Wildman–Crippen MR) is 115 cm³/mol. The molecule has 2 heterocycles. The van der Waals surface area contributed by atoms with Gasteiger partial charge in [-0.2, -0.15) is 0 Å². The first kappa shape index (κ1) is 20.6. The summed E-state index contributed by atoms with van der Waals surface area (Å²) in [5.41, 5.74) is 3.22. The van der Waals surface area contributed by atoms with Crippen molar-refractivity contribution in [2.75, 3.05) is 31.5 Å². The smallest absolute Gasteiger partial charge is 0.245 e. The van der Waals surface area contributed by atoms with Crippen molar-refractivity contribution in [2.45, 2.75) is 52.0 Å². The summed E-state index contributed by atoms with van der Waals surface area (Å²) < 4.78 is 0. The average Bonchev–Trinajstić information content (AvgIpc) is 3.11. The maximum Gasteiger partial charge on any atom is 0.245 e. The Balaban J connectivity index is 1.59. The number of anilines is 1. The largest absolute Gasteiger partial charge is 0.351 e. The van der Waals surface area contributed by atoms with Gasteiger partial charge in [-0.15, -0.1) is 0 Å². The number of aryl methyl sites for hydroxylation is 2. The molecule has 1 aromatic rings. The van der Waals surface area contributed by atoms with Gasteiger partial charge in [0.1, 0.15) is 6.04 Å². The molecule has 2 aliphatic heterocycles. The molecule has 0 spiro atoms. The number of thiocarbonyl (C=S) groups is 1. The molecule has 3 rings (SSSR count). The maximum atomic E-state index is 13.0. The number of hydrogen-bond acceptors (Lipinski definition) is 3. The van der Waals surface area contributed by atoms with Gasteiger partial charge in [0.15, 0.2) is 5.11 Å². The van der Waals surface area contributed by atoms with Crippen LogP contribution in [0.15, 0.2) is 18.2 Å².